The van der Waals surface area contributed by atoms with E-state index >= 15 is 0 Å². The Balaban J connectivity index is 2.16. The highest BCUT2D eigenvalue weighted by Gasteiger charge is 2.22. The first-order valence-electron chi connectivity index (χ1n) is 6.50. The van der Waals surface area contributed by atoms with Crippen molar-refractivity contribution in [3.63, 3.8) is 0 Å². The molecule has 0 amide bonds. The Bertz CT molecular complexity index is 854. The second kappa shape index (κ2) is 4.45. The smallest absolute Gasteiger partial charge is 0.168 e. The third-order valence-corrected chi connectivity index (χ3v) is 4.08. The van der Waals surface area contributed by atoms with Crippen LogP contribution in [0.5, 0.6) is 0 Å². The molecule has 1 aliphatic rings. The lowest BCUT2D eigenvalue weighted by molar-refractivity contribution is 1.10. The van der Waals surface area contributed by atoms with E-state index in [1.54, 1.807) is 0 Å². The normalized spacial score (nSPS) is 12.4. The predicted octanol–water partition coefficient (Wildman–Crippen LogP) is 5.24. The molecule has 0 bridgehead atoms. The van der Waals surface area contributed by atoms with Crippen LogP contribution in [0.4, 0.5) is 0 Å². The quantitative estimate of drug-likeness (QED) is 0.540. The zero-order chi connectivity index (χ0) is 13.5. The lowest BCUT2D eigenvalue weighted by atomic mass is 10.1. The van der Waals surface area contributed by atoms with E-state index in [4.69, 9.17) is 0 Å². The number of aromatic nitrogens is 1. The summed E-state index contributed by atoms with van der Waals surface area (Å²) in [5, 5.41) is 1.25. The van der Waals surface area contributed by atoms with Gasteiger partial charge in [0.05, 0.1) is 17.0 Å². The fourth-order valence-electron chi connectivity index (χ4n) is 2.74. The standard InChI is InChI=1S/C18H11BrN/c19-13-10-11-18-16(12-13)15-8-4-5-9-17(15)20(18)14-6-2-1-3-7-14/h1-3,5-12H/q+1. The van der Waals surface area contributed by atoms with Crippen molar-refractivity contribution in [2.75, 3.05) is 0 Å². The summed E-state index contributed by atoms with van der Waals surface area (Å²) in [5.41, 5.74) is 4.84. The number of fused-ring (bicyclic) bond motifs is 3. The van der Waals surface area contributed by atoms with Gasteiger partial charge in [0.25, 0.3) is 0 Å². The molecule has 1 heterocycles. The van der Waals surface area contributed by atoms with Crippen LogP contribution in [0.15, 0.2) is 59.1 Å². The Kier molecular flexibility index (Phi) is 2.59. The molecule has 0 saturated carbocycles. The first-order valence-corrected chi connectivity index (χ1v) is 7.29. The van der Waals surface area contributed by atoms with Gasteiger partial charge in [-0.05, 0) is 30.3 Å². The predicted molar refractivity (Wildman–Crippen MR) is 87.7 cm³/mol. The maximum atomic E-state index is 3.56. The molecule has 0 saturated heterocycles. The Morgan fingerprint density at radius 1 is 1.00 bits per heavy atom. The minimum Gasteiger partial charge on any atom is -0.286 e. The molecule has 1 aromatic heterocycles. The zero-order valence-corrected chi connectivity index (χ0v) is 12.3. The number of benzene rings is 2. The van der Waals surface area contributed by atoms with Crippen molar-refractivity contribution in [1.29, 1.82) is 0 Å². The maximum Gasteiger partial charge on any atom is 0.168 e. The van der Waals surface area contributed by atoms with E-state index in [2.05, 4.69) is 81.2 Å². The fraction of sp³-hybridized carbons (Fsp3) is 0. The van der Waals surface area contributed by atoms with Gasteiger partial charge < -0.3 is 0 Å². The van der Waals surface area contributed by atoms with Crippen LogP contribution in [0.3, 0.4) is 0 Å². The lowest BCUT2D eigenvalue weighted by Crippen LogP contribution is -1.97. The van der Waals surface area contributed by atoms with Crippen LogP contribution in [-0.2, 0) is 0 Å². The van der Waals surface area contributed by atoms with E-state index < -0.39 is 0 Å². The Labute approximate surface area is 126 Å². The van der Waals surface area contributed by atoms with Gasteiger partial charge in [0, 0.05) is 16.2 Å². The highest BCUT2D eigenvalue weighted by Crippen LogP contribution is 2.34. The van der Waals surface area contributed by atoms with Crippen LogP contribution in [0.25, 0.3) is 28.7 Å². The molecule has 0 atom stereocenters. The summed E-state index contributed by atoms with van der Waals surface area (Å²) in [6, 6.07) is 16.9. The molecule has 0 aliphatic heterocycles. The highest BCUT2D eigenvalue weighted by atomic mass is 79.9. The van der Waals surface area contributed by atoms with E-state index in [0.717, 1.165) is 4.47 Å². The summed E-state index contributed by atoms with van der Waals surface area (Å²) in [7, 11) is 0. The molecule has 0 radical (unpaired) electrons. The zero-order valence-electron chi connectivity index (χ0n) is 10.7. The number of halogens is 1. The molecular formula is C18H11BrN+. The topological polar surface area (TPSA) is 4.93 Å². The number of hydrogen-bond acceptors (Lipinski definition) is 0. The first-order chi connectivity index (χ1) is 9.84. The van der Waals surface area contributed by atoms with Crippen LogP contribution in [0.1, 0.15) is 11.3 Å². The molecule has 3 aromatic rings. The summed E-state index contributed by atoms with van der Waals surface area (Å²) < 4.78 is 3.39. The molecule has 1 aliphatic carbocycles. The third-order valence-electron chi connectivity index (χ3n) is 3.59. The van der Waals surface area contributed by atoms with Gasteiger partial charge in [-0.3, -0.25) is 4.57 Å². The van der Waals surface area contributed by atoms with Crippen LogP contribution < -0.4 is 0 Å². The number of nitrogens with zero attached hydrogens (tertiary/aromatic N) is 1. The molecule has 0 unspecified atom stereocenters. The molecular weight excluding hydrogens is 310 g/mol. The summed E-state index contributed by atoms with van der Waals surface area (Å²) in [6.07, 6.45) is 9.33. The fourth-order valence-corrected chi connectivity index (χ4v) is 3.10. The number of rotatable bonds is 1. The summed E-state index contributed by atoms with van der Waals surface area (Å²) in [5.74, 6) is 0. The molecule has 0 spiro atoms. The second-order valence-corrected chi connectivity index (χ2v) is 5.69. The average Bonchev–Trinajstić information content (AvgIpc) is 2.82. The van der Waals surface area contributed by atoms with Gasteiger partial charge in [-0.25, -0.2) is 0 Å². The van der Waals surface area contributed by atoms with E-state index in [0.29, 0.717) is 0 Å². The van der Waals surface area contributed by atoms with Crippen molar-refractivity contribution in [3.8, 4) is 5.69 Å². The van der Waals surface area contributed by atoms with Gasteiger partial charge in [0.2, 0.25) is 0 Å². The van der Waals surface area contributed by atoms with Crippen molar-refractivity contribution < 1.29 is 0 Å². The van der Waals surface area contributed by atoms with Gasteiger partial charge in [0.1, 0.15) is 17.7 Å². The van der Waals surface area contributed by atoms with Gasteiger partial charge in [-0.2, -0.15) is 0 Å². The van der Waals surface area contributed by atoms with E-state index in [9.17, 15) is 0 Å². The first kappa shape index (κ1) is 11.7. The molecule has 0 N–H and O–H groups in total. The molecule has 94 valence electrons. The van der Waals surface area contributed by atoms with E-state index in [1.807, 2.05) is 12.1 Å². The number of allylic oxidation sites excluding steroid dienone is 2. The minimum atomic E-state index is 1.10. The lowest BCUT2D eigenvalue weighted by Gasteiger charge is -2.06. The van der Waals surface area contributed by atoms with Crippen molar-refractivity contribution in [1.82, 2.24) is 4.57 Å². The van der Waals surface area contributed by atoms with Crippen molar-refractivity contribution in [2.24, 2.45) is 0 Å². The Morgan fingerprint density at radius 2 is 1.85 bits per heavy atom. The third kappa shape index (κ3) is 1.66. The van der Waals surface area contributed by atoms with Gasteiger partial charge in [0.15, 0.2) is 5.69 Å². The molecule has 2 heteroatoms. The molecule has 2 aromatic carbocycles. The van der Waals surface area contributed by atoms with Crippen molar-refractivity contribution >= 4 is 39.0 Å². The largest absolute Gasteiger partial charge is 0.286 e. The summed E-state index contributed by atoms with van der Waals surface area (Å²) >= 11 is 3.56. The van der Waals surface area contributed by atoms with Crippen LogP contribution in [-0.4, -0.2) is 4.57 Å². The monoisotopic (exact) mass is 320 g/mol. The molecule has 1 nitrogen and oxygen atoms in total. The highest BCUT2D eigenvalue weighted by molar-refractivity contribution is 9.10. The average molecular weight is 321 g/mol. The second-order valence-electron chi connectivity index (χ2n) is 4.78. The molecule has 0 fully saturated rings. The van der Waals surface area contributed by atoms with Gasteiger partial charge in [-0.15, -0.1) is 0 Å². The minimum absolute atomic E-state index is 1.10. The number of hydrogen-bond donors (Lipinski definition) is 0. The Hall–Kier alpha value is -2.15. The van der Waals surface area contributed by atoms with Gasteiger partial charge >= 0.3 is 0 Å². The van der Waals surface area contributed by atoms with E-state index in [1.165, 1.54) is 27.8 Å². The SMILES string of the molecule is Brc1ccc2c(c1)c1c(n2-c2ccccc2)C=C[C+]=C1. The van der Waals surface area contributed by atoms with Crippen molar-refractivity contribution in [2.45, 2.75) is 0 Å². The van der Waals surface area contributed by atoms with Crippen LogP contribution in [0.2, 0.25) is 0 Å². The summed E-state index contributed by atoms with van der Waals surface area (Å²) in [6.45, 7) is 0. The van der Waals surface area contributed by atoms with Crippen molar-refractivity contribution in [3.05, 3.63) is 76.4 Å². The number of para-hydroxylation sites is 1. The summed E-state index contributed by atoms with van der Waals surface area (Å²) in [4.78, 5) is 0. The van der Waals surface area contributed by atoms with Crippen LogP contribution in [0, 0.1) is 6.08 Å². The maximum absolute atomic E-state index is 3.56. The van der Waals surface area contributed by atoms with E-state index in [-0.39, 0.29) is 0 Å². The van der Waals surface area contributed by atoms with Crippen LogP contribution >= 0.6 is 15.9 Å². The molecule has 4 rings (SSSR count). The molecule has 20 heavy (non-hydrogen) atoms. The van der Waals surface area contributed by atoms with Gasteiger partial charge in [-0.1, -0.05) is 34.1 Å². The Morgan fingerprint density at radius 3 is 2.70 bits per heavy atom.